The van der Waals surface area contributed by atoms with E-state index in [1.54, 1.807) is 6.07 Å². The van der Waals surface area contributed by atoms with Crippen molar-refractivity contribution in [3.05, 3.63) is 35.4 Å². The second kappa shape index (κ2) is 6.37. The molecule has 0 spiro atoms. The minimum atomic E-state index is -0.910. The van der Waals surface area contributed by atoms with Crippen molar-refractivity contribution in [1.29, 1.82) is 0 Å². The Morgan fingerprint density at radius 3 is 2.71 bits per heavy atom. The molecule has 1 atom stereocenters. The van der Waals surface area contributed by atoms with Crippen LogP contribution in [0.25, 0.3) is 0 Å². The highest BCUT2D eigenvalue weighted by Crippen LogP contribution is 2.15. The molecule has 1 aromatic carbocycles. The first-order chi connectivity index (χ1) is 8.04. The van der Waals surface area contributed by atoms with E-state index in [2.05, 4.69) is 19.2 Å². The van der Waals surface area contributed by atoms with Gasteiger partial charge in [0.05, 0.1) is 12.7 Å². The standard InChI is InChI=1S/C13H19NO3/c1-9(2)10-4-3-5-11(6-10)13(17)14-7-12(16)8-15/h3-6,9,12,15-16H,7-8H2,1-2H3,(H,14,17)/t12-/m0/s1. The normalized spacial score (nSPS) is 12.5. The van der Waals surface area contributed by atoms with Crippen molar-refractivity contribution in [3.8, 4) is 0 Å². The van der Waals surface area contributed by atoms with E-state index in [1.165, 1.54) is 0 Å². The van der Waals surface area contributed by atoms with Gasteiger partial charge >= 0.3 is 0 Å². The lowest BCUT2D eigenvalue weighted by Gasteiger charge is -2.10. The van der Waals surface area contributed by atoms with Crippen LogP contribution in [0.3, 0.4) is 0 Å². The number of hydrogen-bond acceptors (Lipinski definition) is 3. The van der Waals surface area contributed by atoms with Gasteiger partial charge in [-0.1, -0.05) is 26.0 Å². The van der Waals surface area contributed by atoms with E-state index in [1.807, 2.05) is 18.2 Å². The topological polar surface area (TPSA) is 69.6 Å². The van der Waals surface area contributed by atoms with Crippen LogP contribution in [0.15, 0.2) is 24.3 Å². The lowest BCUT2D eigenvalue weighted by Crippen LogP contribution is -2.33. The van der Waals surface area contributed by atoms with Crippen LogP contribution in [0.5, 0.6) is 0 Å². The lowest BCUT2D eigenvalue weighted by atomic mass is 10.0. The molecule has 0 aliphatic rings. The summed E-state index contributed by atoms with van der Waals surface area (Å²) in [6, 6.07) is 7.38. The first-order valence-corrected chi connectivity index (χ1v) is 5.71. The maximum atomic E-state index is 11.7. The number of amides is 1. The van der Waals surface area contributed by atoms with Crippen molar-refractivity contribution in [2.45, 2.75) is 25.9 Å². The molecule has 0 bridgehead atoms. The molecule has 0 unspecified atom stereocenters. The Morgan fingerprint density at radius 2 is 2.12 bits per heavy atom. The van der Waals surface area contributed by atoms with Gasteiger partial charge in [0.25, 0.3) is 5.91 Å². The molecule has 1 rings (SSSR count). The fraction of sp³-hybridized carbons (Fsp3) is 0.462. The molecule has 94 valence electrons. The molecular weight excluding hydrogens is 218 g/mol. The molecule has 0 fully saturated rings. The van der Waals surface area contributed by atoms with Crippen molar-refractivity contribution in [1.82, 2.24) is 5.32 Å². The Balaban J connectivity index is 2.66. The molecule has 0 saturated carbocycles. The van der Waals surface area contributed by atoms with Crippen LogP contribution < -0.4 is 5.32 Å². The van der Waals surface area contributed by atoms with Crippen LogP contribution in [-0.4, -0.2) is 35.4 Å². The molecule has 0 aromatic heterocycles. The maximum absolute atomic E-state index is 11.7. The Bertz CT molecular complexity index is 377. The fourth-order valence-electron chi connectivity index (χ4n) is 1.42. The third-order valence-corrected chi connectivity index (χ3v) is 2.52. The number of aliphatic hydroxyl groups excluding tert-OH is 2. The predicted molar refractivity (Wildman–Crippen MR) is 66.0 cm³/mol. The second-order valence-electron chi connectivity index (χ2n) is 4.33. The molecule has 3 N–H and O–H groups in total. The summed E-state index contributed by atoms with van der Waals surface area (Å²) in [6.07, 6.45) is -0.910. The number of aliphatic hydroxyl groups is 2. The van der Waals surface area contributed by atoms with Crippen molar-refractivity contribution in [3.63, 3.8) is 0 Å². The molecule has 0 heterocycles. The molecule has 1 amide bonds. The van der Waals surface area contributed by atoms with Gasteiger partial charge in [0.2, 0.25) is 0 Å². The van der Waals surface area contributed by atoms with Crippen LogP contribution >= 0.6 is 0 Å². The van der Waals surface area contributed by atoms with Crippen molar-refractivity contribution in [2.75, 3.05) is 13.2 Å². The minimum absolute atomic E-state index is 0.0568. The number of hydrogen-bond donors (Lipinski definition) is 3. The summed E-state index contributed by atoms with van der Waals surface area (Å²) in [5.74, 6) is 0.130. The number of nitrogens with one attached hydrogen (secondary N) is 1. The van der Waals surface area contributed by atoms with E-state index in [9.17, 15) is 4.79 Å². The highest BCUT2D eigenvalue weighted by molar-refractivity contribution is 5.94. The van der Waals surface area contributed by atoms with Crippen LogP contribution in [-0.2, 0) is 0 Å². The summed E-state index contributed by atoms with van der Waals surface area (Å²) in [7, 11) is 0. The summed E-state index contributed by atoms with van der Waals surface area (Å²) < 4.78 is 0. The summed E-state index contributed by atoms with van der Waals surface area (Å²) in [5.41, 5.74) is 1.67. The molecule has 4 heteroatoms. The SMILES string of the molecule is CC(C)c1cccc(C(=O)NC[C@H](O)CO)c1. The second-order valence-corrected chi connectivity index (χ2v) is 4.33. The van der Waals surface area contributed by atoms with Gasteiger partial charge in [-0.15, -0.1) is 0 Å². The molecule has 0 aliphatic carbocycles. The maximum Gasteiger partial charge on any atom is 0.251 e. The Morgan fingerprint density at radius 1 is 1.41 bits per heavy atom. The van der Waals surface area contributed by atoms with Gasteiger partial charge in [-0.3, -0.25) is 4.79 Å². The zero-order valence-electron chi connectivity index (χ0n) is 10.2. The number of carbonyl (C=O) groups is 1. The van der Waals surface area contributed by atoms with Crippen molar-refractivity contribution < 1.29 is 15.0 Å². The number of benzene rings is 1. The van der Waals surface area contributed by atoms with E-state index in [4.69, 9.17) is 10.2 Å². The van der Waals surface area contributed by atoms with Gasteiger partial charge in [0.15, 0.2) is 0 Å². The first kappa shape index (κ1) is 13.7. The van der Waals surface area contributed by atoms with Gasteiger partial charge < -0.3 is 15.5 Å². The van der Waals surface area contributed by atoms with E-state index in [0.717, 1.165) is 5.56 Å². The highest BCUT2D eigenvalue weighted by atomic mass is 16.3. The monoisotopic (exact) mass is 237 g/mol. The summed E-state index contributed by atoms with van der Waals surface area (Å²) >= 11 is 0. The van der Waals surface area contributed by atoms with E-state index < -0.39 is 6.10 Å². The van der Waals surface area contributed by atoms with Crippen LogP contribution in [0.4, 0.5) is 0 Å². The molecular formula is C13H19NO3. The van der Waals surface area contributed by atoms with Gasteiger partial charge in [0.1, 0.15) is 0 Å². The summed E-state index contributed by atoms with van der Waals surface area (Å²) in [4.78, 5) is 11.7. The largest absolute Gasteiger partial charge is 0.394 e. The summed E-state index contributed by atoms with van der Waals surface area (Å²) in [6.45, 7) is 3.83. The average Bonchev–Trinajstić information content (AvgIpc) is 2.35. The van der Waals surface area contributed by atoms with Gasteiger partial charge in [-0.25, -0.2) is 0 Å². The first-order valence-electron chi connectivity index (χ1n) is 5.71. The number of carbonyl (C=O) groups excluding carboxylic acids is 1. The van der Waals surface area contributed by atoms with Crippen LogP contribution in [0.1, 0.15) is 35.7 Å². The zero-order valence-corrected chi connectivity index (χ0v) is 10.2. The van der Waals surface area contributed by atoms with Gasteiger partial charge in [-0.05, 0) is 23.6 Å². The summed E-state index contributed by atoms with van der Waals surface area (Å²) in [5, 5.41) is 20.3. The molecule has 0 radical (unpaired) electrons. The highest BCUT2D eigenvalue weighted by Gasteiger charge is 2.09. The van der Waals surface area contributed by atoms with Crippen LogP contribution in [0.2, 0.25) is 0 Å². The van der Waals surface area contributed by atoms with E-state index in [-0.39, 0.29) is 19.1 Å². The van der Waals surface area contributed by atoms with Crippen molar-refractivity contribution in [2.24, 2.45) is 0 Å². The molecule has 1 aromatic rings. The third-order valence-electron chi connectivity index (χ3n) is 2.52. The van der Waals surface area contributed by atoms with Gasteiger partial charge in [0, 0.05) is 12.1 Å². The van der Waals surface area contributed by atoms with Crippen LogP contribution in [0, 0.1) is 0 Å². The molecule has 17 heavy (non-hydrogen) atoms. The molecule has 0 aliphatic heterocycles. The Hall–Kier alpha value is -1.39. The Kier molecular flexibility index (Phi) is 5.12. The predicted octanol–water partition coefficient (Wildman–Crippen LogP) is 0.893. The Labute approximate surface area is 101 Å². The smallest absolute Gasteiger partial charge is 0.251 e. The number of rotatable bonds is 5. The quantitative estimate of drug-likeness (QED) is 0.712. The average molecular weight is 237 g/mol. The minimum Gasteiger partial charge on any atom is -0.394 e. The van der Waals surface area contributed by atoms with E-state index >= 15 is 0 Å². The molecule has 4 nitrogen and oxygen atoms in total. The molecule has 0 saturated heterocycles. The van der Waals surface area contributed by atoms with E-state index in [0.29, 0.717) is 11.5 Å². The lowest BCUT2D eigenvalue weighted by molar-refractivity contribution is 0.0802. The van der Waals surface area contributed by atoms with Crippen molar-refractivity contribution >= 4 is 5.91 Å². The fourth-order valence-corrected chi connectivity index (χ4v) is 1.42. The van der Waals surface area contributed by atoms with Gasteiger partial charge in [-0.2, -0.15) is 0 Å². The third kappa shape index (κ3) is 4.17. The zero-order chi connectivity index (χ0) is 12.8.